The van der Waals surface area contributed by atoms with Crippen LogP contribution in [0.5, 0.6) is 5.75 Å². The molecule has 0 unspecified atom stereocenters. The molecule has 1 aromatic heterocycles. The lowest BCUT2D eigenvalue weighted by molar-refractivity contribution is 0.0782. The van der Waals surface area contributed by atoms with Crippen LogP contribution in [0.1, 0.15) is 15.9 Å². The summed E-state index contributed by atoms with van der Waals surface area (Å²) >= 11 is 0. The monoisotopic (exact) mass is 275 g/mol. The first kappa shape index (κ1) is 13.6. The van der Waals surface area contributed by atoms with Gasteiger partial charge in [-0.2, -0.15) is 0 Å². The third-order valence-electron chi connectivity index (χ3n) is 2.75. The van der Waals surface area contributed by atoms with Crippen molar-refractivity contribution < 1.29 is 9.90 Å². The van der Waals surface area contributed by atoms with E-state index >= 15 is 0 Å². The molecule has 0 aliphatic carbocycles. The number of carbonyl (C=O) groups excluding carboxylic acids is 1. The number of hydrogen-bond donors (Lipinski definition) is 3. The number of benzene rings is 1. The molecule has 7 heteroatoms. The van der Waals surface area contributed by atoms with E-state index in [1.165, 1.54) is 17.0 Å². The van der Waals surface area contributed by atoms with Crippen molar-refractivity contribution in [2.45, 2.75) is 6.54 Å². The van der Waals surface area contributed by atoms with Gasteiger partial charge in [0.25, 0.3) is 11.5 Å². The summed E-state index contributed by atoms with van der Waals surface area (Å²) in [6.45, 7) is 0.275. The average Bonchev–Trinajstić information content (AvgIpc) is 2.40. The van der Waals surface area contributed by atoms with Crippen LogP contribution in [0.2, 0.25) is 0 Å². The summed E-state index contributed by atoms with van der Waals surface area (Å²) in [5, 5.41) is 9.18. The Morgan fingerprint density at radius 3 is 2.50 bits per heavy atom. The number of nitrogens with zero attached hydrogens (tertiary/aromatic N) is 1. The summed E-state index contributed by atoms with van der Waals surface area (Å²) in [5.74, 6) is -0.365. The predicted molar refractivity (Wildman–Crippen MR) is 71.6 cm³/mol. The molecule has 0 spiro atoms. The smallest absolute Gasteiger partial charge is 0.325 e. The Kier molecular flexibility index (Phi) is 3.69. The van der Waals surface area contributed by atoms with Crippen molar-refractivity contribution in [3.8, 4) is 5.75 Å². The van der Waals surface area contributed by atoms with Crippen LogP contribution in [0.15, 0.2) is 40.1 Å². The molecule has 0 atom stereocenters. The van der Waals surface area contributed by atoms with Crippen LogP contribution in [0.3, 0.4) is 0 Å². The zero-order chi connectivity index (χ0) is 14.7. The highest BCUT2D eigenvalue weighted by atomic mass is 16.3. The highest BCUT2D eigenvalue weighted by Gasteiger charge is 2.16. The zero-order valence-corrected chi connectivity index (χ0v) is 10.7. The minimum Gasteiger partial charge on any atom is -0.508 e. The predicted octanol–water partition coefficient (Wildman–Crippen LogP) is 0.0410. The molecule has 0 fully saturated rings. The van der Waals surface area contributed by atoms with Gasteiger partial charge in [-0.25, -0.2) is 4.79 Å². The van der Waals surface area contributed by atoms with E-state index < -0.39 is 17.2 Å². The molecule has 2 aromatic rings. The van der Waals surface area contributed by atoms with Crippen molar-refractivity contribution in [3.05, 3.63) is 62.4 Å². The molecule has 0 saturated carbocycles. The van der Waals surface area contributed by atoms with E-state index in [2.05, 4.69) is 4.98 Å². The number of hydrogen-bond acceptors (Lipinski definition) is 4. The van der Waals surface area contributed by atoms with Gasteiger partial charge in [-0.1, -0.05) is 12.1 Å². The van der Waals surface area contributed by atoms with Crippen molar-refractivity contribution in [1.29, 1.82) is 0 Å². The highest BCUT2D eigenvalue weighted by molar-refractivity contribution is 5.93. The largest absolute Gasteiger partial charge is 0.508 e. The fourth-order valence-electron chi connectivity index (χ4n) is 1.72. The summed E-state index contributed by atoms with van der Waals surface area (Å²) in [7, 11) is 1.54. The number of aromatic amines is 2. The van der Waals surface area contributed by atoms with Crippen LogP contribution in [0.25, 0.3) is 0 Å². The molecule has 0 aliphatic rings. The molecule has 1 amide bonds. The number of nitrogens with one attached hydrogen (secondary N) is 2. The number of phenols is 1. The fourth-order valence-corrected chi connectivity index (χ4v) is 1.72. The molecule has 20 heavy (non-hydrogen) atoms. The lowest BCUT2D eigenvalue weighted by Crippen LogP contribution is -2.34. The van der Waals surface area contributed by atoms with Gasteiger partial charge in [0.1, 0.15) is 11.3 Å². The number of amides is 1. The number of aromatic nitrogens is 2. The summed E-state index contributed by atoms with van der Waals surface area (Å²) in [6.07, 6.45) is 1.09. The van der Waals surface area contributed by atoms with Gasteiger partial charge in [0, 0.05) is 19.8 Å². The van der Waals surface area contributed by atoms with Gasteiger partial charge in [-0.05, 0) is 17.7 Å². The van der Waals surface area contributed by atoms with Crippen molar-refractivity contribution in [3.63, 3.8) is 0 Å². The van der Waals surface area contributed by atoms with Gasteiger partial charge in [0.2, 0.25) is 0 Å². The van der Waals surface area contributed by atoms with E-state index in [1.54, 1.807) is 19.2 Å². The number of H-pyrrole nitrogens is 2. The van der Waals surface area contributed by atoms with Crippen LogP contribution in [0, 0.1) is 0 Å². The minimum absolute atomic E-state index is 0.133. The van der Waals surface area contributed by atoms with Gasteiger partial charge in [0.05, 0.1) is 0 Å². The molecule has 7 nitrogen and oxygen atoms in total. The lowest BCUT2D eigenvalue weighted by Gasteiger charge is -2.16. The summed E-state index contributed by atoms with van der Waals surface area (Å²) in [5.41, 5.74) is -0.713. The first-order chi connectivity index (χ1) is 9.47. The van der Waals surface area contributed by atoms with Gasteiger partial charge in [-0.3, -0.25) is 14.6 Å². The summed E-state index contributed by atoms with van der Waals surface area (Å²) in [6, 6.07) is 6.38. The maximum atomic E-state index is 12.1. The Balaban J connectivity index is 2.18. The first-order valence-electron chi connectivity index (χ1n) is 5.83. The van der Waals surface area contributed by atoms with Crippen LogP contribution < -0.4 is 11.2 Å². The van der Waals surface area contributed by atoms with E-state index in [9.17, 15) is 19.5 Å². The molecule has 1 heterocycles. The van der Waals surface area contributed by atoms with Crippen molar-refractivity contribution >= 4 is 5.91 Å². The van der Waals surface area contributed by atoms with Crippen molar-refractivity contribution in [2.24, 2.45) is 0 Å². The Bertz CT molecular complexity index is 730. The van der Waals surface area contributed by atoms with Crippen LogP contribution in [-0.4, -0.2) is 32.9 Å². The van der Waals surface area contributed by atoms with Crippen molar-refractivity contribution in [1.82, 2.24) is 14.9 Å². The SMILES string of the molecule is CN(Cc1ccc(O)cc1)C(=O)c1c[nH]c(=O)[nH]c1=O. The first-order valence-corrected chi connectivity index (χ1v) is 5.83. The number of aromatic hydroxyl groups is 1. The number of carbonyl (C=O) groups is 1. The third kappa shape index (κ3) is 2.94. The van der Waals surface area contributed by atoms with Gasteiger partial charge in [0.15, 0.2) is 0 Å². The fraction of sp³-hybridized carbons (Fsp3) is 0.154. The molecule has 1 aromatic carbocycles. The van der Waals surface area contributed by atoms with Crippen LogP contribution in [0.4, 0.5) is 0 Å². The van der Waals surface area contributed by atoms with E-state index in [1.807, 2.05) is 4.98 Å². The maximum Gasteiger partial charge on any atom is 0.325 e. The molecule has 2 rings (SSSR count). The molecule has 104 valence electrons. The Labute approximate surface area is 113 Å². The van der Waals surface area contributed by atoms with E-state index in [0.717, 1.165) is 11.8 Å². The molecule has 0 bridgehead atoms. The Morgan fingerprint density at radius 1 is 1.25 bits per heavy atom. The molecule has 0 saturated heterocycles. The Morgan fingerprint density at radius 2 is 1.90 bits per heavy atom. The minimum atomic E-state index is -0.726. The zero-order valence-electron chi connectivity index (χ0n) is 10.7. The quantitative estimate of drug-likeness (QED) is 0.735. The standard InChI is InChI=1S/C13H13N3O4/c1-16(7-8-2-4-9(17)5-3-8)12(19)10-6-14-13(20)15-11(10)18/h2-6,17H,7H2,1H3,(H2,14,15,18,20). The molecule has 0 aliphatic heterocycles. The van der Waals surface area contributed by atoms with E-state index in [-0.39, 0.29) is 17.9 Å². The van der Waals surface area contributed by atoms with E-state index in [4.69, 9.17) is 0 Å². The molecular weight excluding hydrogens is 262 g/mol. The molecule has 3 N–H and O–H groups in total. The van der Waals surface area contributed by atoms with Crippen LogP contribution in [-0.2, 0) is 6.54 Å². The topological polar surface area (TPSA) is 106 Å². The van der Waals surface area contributed by atoms with Gasteiger partial charge in [-0.15, -0.1) is 0 Å². The summed E-state index contributed by atoms with van der Waals surface area (Å²) < 4.78 is 0. The highest BCUT2D eigenvalue weighted by Crippen LogP contribution is 2.11. The lowest BCUT2D eigenvalue weighted by atomic mass is 10.2. The van der Waals surface area contributed by atoms with Crippen molar-refractivity contribution in [2.75, 3.05) is 7.05 Å². The average molecular weight is 275 g/mol. The van der Waals surface area contributed by atoms with E-state index in [0.29, 0.717) is 0 Å². The van der Waals surface area contributed by atoms with Gasteiger partial charge >= 0.3 is 5.69 Å². The third-order valence-corrected chi connectivity index (χ3v) is 2.75. The number of phenolic OH excluding ortho intramolecular Hbond substituents is 1. The Hall–Kier alpha value is -2.83. The maximum absolute atomic E-state index is 12.1. The normalized spacial score (nSPS) is 10.2. The van der Waals surface area contributed by atoms with Gasteiger partial charge < -0.3 is 15.0 Å². The second-order valence-corrected chi connectivity index (χ2v) is 4.31. The second kappa shape index (κ2) is 5.43. The molecular formula is C13H13N3O4. The van der Waals surface area contributed by atoms with Crippen LogP contribution >= 0.6 is 0 Å². The second-order valence-electron chi connectivity index (χ2n) is 4.31. The number of rotatable bonds is 3. The molecule has 0 radical (unpaired) electrons. The summed E-state index contributed by atoms with van der Waals surface area (Å²) in [4.78, 5) is 40.1.